The molecule has 0 bridgehead atoms. The van der Waals surface area contributed by atoms with E-state index < -0.39 is 5.43 Å². The van der Waals surface area contributed by atoms with Gasteiger partial charge in [-0.1, -0.05) is 42.1 Å². The number of benzene rings is 1. The van der Waals surface area contributed by atoms with Crippen LogP contribution in [0, 0.1) is 0 Å². The molecule has 21 heavy (non-hydrogen) atoms. The van der Waals surface area contributed by atoms with Crippen LogP contribution in [-0.4, -0.2) is 10.1 Å². The first kappa shape index (κ1) is 13.9. The van der Waals surface area contributed by atoms with Crippen LogP contribution in [0.3, 0.4) is 0 Å². The summed E-state index contributed by atoms with van der Waals surface area (Å²) in [5.41, 5.74) is 1.59. The Morgan fingerprint density at radius 1 is 1.29 bits per heavy atom. The van der Waals surface area contributed by atoms with E-state index in [1.54, 1.807) is 11.3 Å². The number of rotatable bonds is 4. The van der Waals surface area contributed by atoms with Crippen LogP contribution in [0.25, 0.3) is 11.3 Å². The lowest BCUT2D eigenvalue weighted by molar-refractivity contribution is 0.419. The van der Waals surface area contributed by atoms with Gasteiger partial charge in [-0.05, 0) is 0 Å². The van der Waals surface area contributed by atoms with Crippen LogP contribution in [0.1, 0.15) is 5.76 Å². The monoisotopic (exact) mass is 317 g/mol. The lowest BCUT2D eigenvalue weighted by atomic mass is 10.2. The van der Waals surface area contributed by atoms with Crippen LogP contribution < -0.4 is 5.43 Å². The molecule has 1 N–H and O–H groups in total. The van der Waals surface area contributed by atoms with E-state index in [-0.39, 0.29) is 5.75 Å². The number of nitrogens with zero attached hydrogens (tertiary/aromatic N) is 1. The SMILES string of the molecule is O=c1cc(CSc2nc(-c3ccccc3)cs2)occ1O. The molecular weight excluding hydrogens is 306 g/mol. The van der Waals surface area contributed by atoms with Crippen molar-refractivity contribution in [1.82, 2.24) is 4.98 Å². The molecule has 3 rings (SSSR count). The molecule has 0 saturated carbocycles. The molecule has 0 aliphatic rings. The van der Waals surface area contributed by atoms with Crippen LogP contribution in [0.5, 0.6) is 5.75 Å². The van der Waals surface area contributed by atoms with E-state index in [1.165, 1.54) is 17.8 Å². The number of aromatic hydroxyl groups is 1. The van der Waals surface area contributed by atoms with Gasteiger partial charge >= 0.3 is 0 Å². The topological polar surface area (TPSA) is 63.3 Å². The Morgan fingerprint density at radius 2 is 2.10 bits per heavy atom. The minimum absolute atomic E-state index is 0.371. The van der Waals surface area contributed by atoms with Gasteiger partial charge in [0.15, 0.2) is 10.1 Å². The number of aromatic nitrogens is 1. The van der Waals surface area contributed by atoms with Gasteiger partial charge in [-0.2, -0.15) is 0 Å². The highest BCUT2D eigenvalue weighted by atomic mass is 32.2. The Hall–Kier alpha value is -2.05. The van der Waals surface area contributed by atoms with Crippen LogP contribution in [-0.2, 0) is 5.75 Å². The van der Waals surface area contributed by atoms with Crippen molar-refractivity contribution in [2.45, 2.75) is 10.1 Å². The first-order valence-electron chi connectivity index (χ1n) is 6.17. The fraction of sp³-hybridized carbons (Fsp3) is 0.0667. The molecule has 1 aromatic carbocycles. The zero-order valence-corrected chi connectivity index (χ0v) is 12.5. The Kier molecular flexibility index (Phi) is 4.08. The van der Waals surface area contributed by atoms with Crippen molar-refractivity contribution < 1.29 is 9.52 Å². The number of thioether (sulfide) groups is 1. The van der Waals surface area contributed by atoms with E-state index in [0.29, 0.717) is 11.5 Å². The molecule has 0 aliphatic heterocycles. The third-order valence-electron chi connectivity index (χ3n) is 2.76. The Labute approximate surface area is 129 Å². The summed E-state index contributed by atoms with van der Waals surface area (Å²) in [6.45, 7) is 0. The molecular formula is C15H11NO3S2. The third kappa shape index (κ3) is 3.34. The zero-order chi connectivity index (χ0) is 14.7. The average molecular weight is 317 g/mol. The summed E-state index contributed by atoms with van der Waals surface area (Å²) in [5, 5.41) is 11.1. The number of thiazole rings is 1. The lowest BCUT2D eigenvalue weighted by Crippen LogP contribution is -1.98. The van der Waals surface area contributed by atoms with Gasteiger partial charge < -0.3 is 9.52 Å². The van der Waals surface area contributed by atoms with Gasteiger partial charge in [0, 0.05) is 17.0 Å². The lowest BCUT2D eigenvalue weighted by Gasteiger charge is -1.98. The van der Waals surface area contributed by atoms with E-state index in [9.17, 15) is 4.79 Å². The molecule has 4 nitrogen and oxygen atoms in total. The zero-order valence-electron chi connectivity index (χ0n) is 10.9. The van der Waals surface area contributed by atoms with E-state index in [4.69, 9.17) is 9.52 Å². The minimum atomic E-state index is -0.430. The number of hydrogen-bond donors (Lipinski definition) is 1. The standard InChI is InChI=1S/C15H11NO3S2/c17-13-6-11(19-7-14(13)18)8-20-15-16-12(9-21-15)10-4-2-1-3-5-10/h1-7,9,18H,8H2. The Balaban J connectivity index is 1.70. The summed E-state index contributed by atoms with van der Waals surface area (Å²) in [6.07, 6.45) is 1.06. The maximum atomic E-state index is 11.3. The van der Waals surface area contributed by atoms with Crippen LogP contribution in [0.2, 0.25) is 0 Å². The summed E-state index contributed by atoms with van der Waals surface area (Å²) < 4.78 is 6.07. The molecule has 3 aromatic rings. The van der Waals surface area contributed by atoms with Crippen molar-refractivity contribution in [3.05, 3.63) is 64.0 Å². The Morgan fingerprint density at radius 3 is 2.86 bits per heavy atom. The summed E-state index contributed by atoms with van der Waals surface area (Å²) in [7, 11) is 0. The molecule has 0 fully saturated rings. The van der Waals surface area contributed by atoms with Crippen molar-refractivity contribution in [2.75, 3.05) is 0 Å². The van der Waals surface area contributed by atoms with Crippen LogP contribution in [0.4, 0.5) is 0 Å². The molecule has 2 aromatic heterocycles. The fourth-order valence-corrected chi connectivity index (χ4v) is 3.44. The average Bonchev–Trinajstić information content (AvgIpc) is 2.98. The van der Waals surface area contributed by atoms with Gasteiger partial charge in [0.2, 0.25) is 5.43 Å². The molecule has 0 atom stereocenters. The summed E-state index contributed by atoms with van der Waals surface area (Å²) in [4.78, 5) is 15.9. The smallest absolute Gasteiger partial charge is 0.226 e. The number of hydrogen-bond acceptors (Lipinski definition) is 6. The second-order valence-electron chi connectivity index (χ2n) is 4.25. The molecule has 0 unspecified atom stereocenters. The van der Waals surface area contributed by atoms with Crippen molar-refractivity contribution in [2.24, 2.45) is 0 Å². The van der Waals surface area contributed by atoms with Gasteiger partial charge in [-0.25, -0.2) is 4.98 Å². The van der Waals surface area contributed by atoms with Crippen LogP contribution >= 0.6 is 23.1 Å². The van der Waals surface area contributed by atoms with Gasteiger partial charge in [0.05, 0.1) is 11.4 Å². The van der Waals surface area contributed by atoms with Crippen molar-refractivity contribution in [3.63, 3.8) is 0 Å². The molecule has 2 heterocycles. The van der Waals surface area contributed by atoms with Gasteiger partial charge in [-0.3, -0.25) is 4.79 Å². The van der Waals surface area contributed by atoms with E-state index >= 15 is 0 Å². The highest BCUT2D eigenvalue weighted by Gasteiger charge is 2.07. The van der Waals surface area contributed by atoms with Crippen molar-refractivity contribution in [3.8, 4) is 17.0 Å². The maximum Gasteiger partial charge on any atom is 0.226 e. The Bertz CT molecular complexity index is 796. The molecule has 106 valence electrons. The van der Waals surface area contributed by atoms with E-state index in [2.05, 4.69) is 4.98 Å². The van der Waals surface area contributed by atoms with Gasteiger partial charge in [0.1, 0.15) is 12.0 Å². The molecule has 0 spiro atoms. The predicted molar refractivity (Wildman–Crippen MR) is 83.8 cm³/mol. The van der Waals surface area contributed by atoms with Crippen molar-refractivity contribution >= 4 is 23.1 Å². The summed E-state index contributed by atoms with van der Waals surface area (Å²) in [6, 6.07) is 11.3. The van der Waals surface area contributed by atoms with Gasteiger partial charge in [0.25, 0.3) is 0 Å². The minimum Gasteiger partial charge on any atom is -0.502 e. The highest BCUT2D eigenvalue weighted by Crippen LogP contribution is 2.30. The van der Waals surface area contributed by atoms with E-state index in [0.717, 1.165) is 21.9 Å². The van der Waals surface area contributed by atoms with Crippen LogP contribution in [0.15, 0.2) is 61.6 Å². The molecule has 0 radical (unpaired) electrons. The molecule has 0 amide bonds. The second-order valence-corrected chi connectivity index (χ2v) is 6.33. The molecule has 6 heteroatoms. The normalized spacial score (nSPS) is 10.7. The first-order valence-corrected chi connectivity index (χ1v) is 8.03. The maximum absolute atomic E-state index is 11.3. The van der Waals surface area contributed by atoms with E-state index in [1.807, 2.05) is 35.7 Å². The second kappa shape index (κ2) is 6.15. The highest BCUT2D eigenvalue weighted by molar-refractivity contribution is 8.00. The van der Waals surface area contributed by atoms with Gasteiger partial charge in [-0.15, -0.1) is 11.3 Å². The summed E-state index contributed by atoms with van der Waals surface area (Å²) in [5.74, 6) is 0.640. The first-order chi connectivity index (χ1) is 10.2. The largest absolute Gasteiger partial charge is 0.502 e. The fourth-order valence-electron chi connectivity index (χ4n) is 1.72. The van der Waals surface area contributed by atoms with Crippen molar-refractivity contribution in [1.29, 1.82) is 0 Å². The summed E-state index contributed by atoms with van der Waals surface area (Å²) >= 11 is 3.05. The molecule has 0 aliphatic carbocycles. The molecule has 0 saturated heterocycles. The third-order valence-corrected chi connectivity index (χ3v) is 4.80. The predicted octanol–water partition coefficient (Wildman–Crippen LogP) is 3.76. The quantitative estimate of drug-likeness (QED) is 0.742.